The summed E-state index contributed by atoms with van der Waals surface area (Å²) in [5.41, 5.74) is 0.490. The Labute approximate surface area is 92.9 Å². The number of halogens is 2. The summed E-state index contributed by atoms with van der Waals surface area (Å²) in [6.07, 6.45) is 0.185. The molecule has 2 nitrogen and oxygen atoms in total. The molecule has 0 saturated heterocycles. The van der Waals surface area contributed by atoms with Crippen molar-refractivity contribution >= 4 is 5.97 Å². The van der Waals surface area contributed by atoms with Crippen molar-refractivity contribution in [2.24, 2.45) is 5.92 Å². The van der Waals surface area contributed by atoms with Gasteiger partial charge in [0.15, 0.2) is 0 Å². The predicted molar refractivity (Wildman–Crippen MR) is 56.2 cm³/mol. The molecule has 4 heteroatoms. The standard InChI is InChI=1S/C12H14F2O2/c1-7(4-12(15)16)3-9-6-10(13)8(2)5-11(9)14/h5-7H,3-4H2,1-2H3,(H,15,16)/t7-/m1/s1. The molecule has 0 saturated carbocycles. The van der Waals surface area contributed by atoms with Gasteiger partial charge in [-0.05, 0) is 42.5 Å². The van der Waals surface area contributed by atoms with Crippen LogP contribution in [0.1, 0.15) is 24.5 Å². The summed E-state index contributed by atoms with van der Waals surface area (Å²) >= 11 is 0. The molecular formula is C12H14F2O2. The first kappa shape index (κ1) is 12.6. The highest BCUT2D eigenvalue weighted by molar-refractivity contribution is 5.67. The number of aliphatic carboxylic acids is 1. The first-order valence-corrected chi connectivity index (χ1v) is 5.06. The van der Waals surface area contributed by atoms with Crippen molar-refractivity contribution < 1.29 is 18.7 Å². The van der Waals surface area contributed by atoms with Crippen molar-refractivity contribution in [2.45, 2.75) is 26.7 Å². The quantitative estimate of drug-likeness (QED) is 0.860. The van der Waals surface area contributed by atoms with E-state index in [-0.39, 0.29) is 29.9 Å². The number of carboxylic acid groups (broad SMARTS) is 1. The zero-order chi connectivity index (χ0) is 12.3. The van der Waals surface area contributed by atoms with E-state index in [0.717, 1.165) is 12.1 Å². The maximum absolute atomic E-state index is 13.4. The maximum Gasteiger partial charge on any atom is 0.303 e. The van der Waals surface area contributed by atoms with E-state index in [1.54, 1.807) is 6.92 Å². The van der Waals surface area contributed by atoms with Gasteiger partial charge in [-0.3, -0.25) is 4.79 Å². The Balaban J connectivity index is 2.81. The molecule has 0 spiro atoms. The van der Waals surface area contributed by atoms with Crippen LogP contribution in [0.2, 0.25) is 0 Å². The van der Waals surface area contributed by atoms with Gasteiger partial charge in [-0.15, -0.1) is 0 Å². The molecule has 0 aliphatic heterocycles. The van der Waals surface area contributed by atoms with Crippen LogP contribution in [0.5, 0.6) is 0 Å². The van der Waals surface area contributed by atoms with Gasteiger partial charge in [-0.1, -0.05) is 6.92 Å². The highest BCUT2D eigenvalue weighted by atomic mass is 19.1. The van der Waals surface area contributed by atoms with Crippen molar-refractivity contribution in [2.75, 3.05) is 0 Å². The lowest BCUT2D eigenvalue weighted by atomic mass is 9.97. The molecule has 0 radical (unpaired) electrons. The van der Waals surface area contributed by atoms with Crippen molar-refractivity contribution in [3.05, 3.63) is 34.9 Å². The van der Waals surface area contributed by atoms with Crippen molar-refractivity contribution in [1.82, 2.24) is 0 Å². The molecule has 88 valence electrons. The number of carbonyl (C=O) groups is 1. The van der Waals surface area contributed by atoms with Crippen LogP contribution in [0.15, 0.2) is 12.1 Å². The van der Waals surface area contributed by atoms with Crippen LogP contribution in [-0.4, -0.2) is 11.1 Å². The van der Waals surface area contributed by atoms with Crippen molar-refractivity contribution in [1.29, 1.82) is 0 Å². The van der Waals surface area contributed by atoms with Gasteiger partial charge < -0.3 is 5.11 Å². The Morgan fingerprint density at radius 3 is 2.56 bits per heavy atom. The van der Waals surface area contributed by atoms with Crippen LogP contribution in [-0.2, 0) is 11.2 Å². The Morgan fingerprint density at radius 1 is 1.38 bits per heavy atom. The highest BCUT2D eigenvalue weighted by Gasteiger charge is 2.13. The number of benzene rings is 1. The summed E-state index contributed by atoms with van der Waals surface area (Å²) in [5.74, 6) is -2.08. The monoisotopic (exact) mass is 228 g/mol. The third-order valence-corrected chi connectivity index (χ3v) is 2.42. The zero-order valence-electron chi connectivity index (χ0n) is 9.26. The lowest BCUT2D eigenvalue weighted by Crippen LogP contribution is -2.08. The summed E-state index contributed by atoms with van der Waals surface area (Å²) in [6, 6.07) is 2.28. The van der Waals surface area contributed by atoms with E-state index in [9.17, 15) is 13.6 Å². The average Bonchev–Trinajstić information content (AvgIpc) is 2.12. The molecule has 0 heterocycles. The summed E-state index contributed by atoms with van der Waals surface area (Å²) < 4.78 is 26.6. The topological polar surface area (TPSA) is 37.3 Å². The Bertz CT molecular complexity index is 402. The van der Waals surface area contributed by atoms with Gasteiger partial charge in [0.05, 0.1) is 0 Å². The molecule has 1 rings (SSSR count). The van der Waals surface area contributed by atoms with E-state index in [0.29, 0.717) is 0 Å². The largest absolute Gasteiger partial charge is 0.481 e. The second-order valence-electron chi connectivity index (χ2n) is 4.10. The van der Waals surface area contributed by atoms with Crippen LogP contribution in [0.25, 0.3) is 0 Å². The highest BCUT2D eigenvalue weighted by Crippen LogP contribution is 2.18. The van der Waals surface area contributed by atoms with E-state index in [2.05, 4.69) is 0 Å². The molecule has 1 N–H and O–H groups in total. The molecule has 0 amide bonds. The number of hydrogen-bond donors (Lipinski definition) is 1. The van der Waals surface area contributed by atoms with Crippen LogP contribution in [0.4, 0.5) is 8.78 Å². The van der Waals surface area contributed by atoms with Gasteiger partial charge in [-0.2, -0.15) is 0 Å². The summed E-state index contributed by atoms with van der Waals surface area (Å²) in [7, 11) is 0. The smallest absolute Gasteiger partial charge is 0.303 e. The van der Waals surface area contributed by atoms with E-state index in [1.807, 2.05) is 0 Å². The predicted octanol–water partition coefficient (Wildman–Crippen LogP) is 2.93. The second-order valence-corrected chi connectivity index (χ2v) is 4.10. The van der Waals surface area contributed by atoms with Crippen molar-refractivity contribution in [3.8, 4) is 0 Å². The van der Waals surface area contributed by atoms with Crippen LogP contribution in [0, 0.1) is 24.5 Å². The Morgan fingerprint density at radius 2 is 2.00 bits per heavy atom. The maximum atomic E-state index is 13.4. The minimum Gasteiger partial charge on any atom is -0.481 e. The lowest BCUT2D eigenvalue weighted by Gasteiger charge is -2.10. The fraction of sp³-hybridized carbons (Fsp3) is 0.417. The van der Waals surface area contributed by atoms with Gasteiger partial charge in [0.2, 0.25) is 0 Å². The molecule has 0 unspecified atom stereocenters. The minimum atomic E-state index is -0.930. The summed E-state index contributed by atoms with van der Waals surface area (Å²) in [5, 5.41) is 8.56. The minimum absolute atomic E-state index is 0.0467. The van der Waals surface area contributed by atoms with Crippen LogP contribution < -0.4 is 0 Å². The number of rotatable bonds is 4. The van der Waals surface area contributed by atoms with Crippen molar-refractivity contribution in [3.63, 3.8) is 0 Å². The van der Waals surface area contributed by atoms with E-state index in [4.69, 9.17) is 5.11 Å². The molecule has 1 aromatic rings. The average molecular weight is 228 g/mol. The van der Waals surface area contributed by atoms with Crippen LogP contribution >= 0.6 is 0 Å². The molecular weight excluding hydrogens is 214 g/mol. The Hall–Kier alpha value is -1.45. The van der Waals surface area contributed by atoms with E-state index >= 15 is 0 Å². The van der Waals surface area contributed by atoms with Gasteiger partial charge in [0.25, 0.3) is 0 Å². The fourth-order valence-electron chi connectivity index (χ4n) is 1.59. The molecule has 0 aromatic heterocycles. The second kappa shape index (κ2) is 5.05. The molecule has 0 bridgehead atoms. The third-order valence-electron chi connectivity index (χ3n) is 2.42. The number of aryl methyl sites for hydroxylation is 1. The lowest BCUT2D eigenvalue weighted by molar-refractivity contribution is -0.137. The molecule has 16 heavy (non-hydrogen) atoms. The van der Waals surface area contributed by atoms with Gasteiger partial charge in [-0.25, -0.2) is 8.78 Å². The SMILES string of the molecule is Cc1cc(F)c(C[C@@H](C)CC(=O)O)cc1F. The summed E-state index contributed by atoms with van der Waals surface area (Å²) in [4.78, 5) is 10.4. The van der Waals surface area contributed by atoms with E-state index < -0.39 is 17.6 Å². The first-order chi connectivity index (χ1) is 7.40. The fourth-order valence-corrected chi connectivity index (χ4v) is 1.59. The van der Waals surface area contributed by atoms with E-state index in [1.165, 1.54) is 6.92 Å². The molecule has 1 atom stereocenters. The van der Waals surface area contributed by atoms with Gasteiger partial charge in [0.1, 0.15) is 11.6 Å². The third kappa shape index (κ3) is 3.29. The molecule has 0 aliphatic rings. The Kier molecular flexibility index (Phi) is 3.99. The van der Waals surface area contributed by atoms with Crippen LogP contribution in [0.3, 0.4) is 0 Å². The molecule has 1 aromatic carbocycles. The summed E-state index contributed by atoms with van der Waals surface area (Å²) in [6.45, 7) is 3.19. The van der Waals surface area contributed by atoms with Gasteiger partial charge in [0, 0.05) is 6.42 Å². The molecule has 0 fully saturated rings. The first-order valence-electron chi connectivity index (χ1n) is 5.06. The number of hydrogen-bond acceptors (Lipinski definition) is 1. The van der Waals surface area contributed by atoms with Gasteiger partial charge >= 0.3 is 5.97 Å². The molecule has 0 aliphatic carbocycles. The number of carboxylic acids is 1. The normalized spacial score (nSPS) is 12.5. The zero-order valence-corrected chi connectivity index (χ0v) is 9.26.